The van der Waals surface area contributed by atoms with Crippen molar-refractivity contribution >= 4 is 16.7 Å². The van der Waals surface area contributed by atoms with E-state index >= 15 is 0 Å². The number of benzene rings is 1. The predicted octanol–water partition coefficient (Wildman–Crippen LogP) is 2.66. The smallest absolute Gasteiger partial charge is 0.128 e. The first-order valence-electron chi connectivity index (χ1n) is 6.03. The molecule has 0 aliphatic rings. The van der Waals surface area contributed by atoms with Gasteiger partial charge in [-0.2, -0.15) is 0 Å². The maximum absolute atomic E-state index is 5.99. The van der Waals surface area contributed by atoms with Crippen LogP contribution in [-0.2, 0) is 6.54 Å². The second kappa shape index (κ2) is 5.15. The Hall–Kier alpha value is -1.61. The molecule has 0 amide bonds. The largest absolute Gasteiger partial charge is 0.383 e. The van der Waals surface area contributed by atoms with Gasteiger partial charge in [0.15, 0.2) is 0 Å². The first kappa shape index (κ1) is 11.9. The fourth-order valence-corrected chi connectivity index (χ4v) is 2.05. The number of rotatable bonds is 4. The second-order valence-electron chi connectivity index (χ2n) is 4.46. The molecule has 0 atom stereocenters. The SMILES string of the molecule is CCCN(C)Cc1cc2ccccc2nc1N. The topological polar surface area (TPSA) is 42.2 Å². The molecule has 3 heteroatoms. The lowest BCUT2D eigenvalue weighted by Crippen LogP contribution is -2.19. The van der Waals surface area contributed by atoms with Gasteiger partial charge in [0.2, 0.25) is 0 Å². The van der Waals surface area contributed by atoms with E-state index in [0.29, 0.717) is 5.82 Å². The predicted molar refractivity (Wildman–Crippen MR) is 72.8 cm³/mol. The van der Waals surface area contributed by atoms with Gasteiger partial charge in [0.05, 0.1) is 5.52 Å². The van der Waals surface area contributed by atoms with E-state index in [2.05, 4.69) is 36.0 Å². The van der Waals surface area contributed by atoms with Crippen LogP contribution in [0, 0.1) is 0 Å². The molecule has 1 aromatic heterocycles. The van der Waals surface area contributed by atoms with Gasteiger partial charge in [0.25, 0.3) is 0 Å². The zero-order valence-electron chi connectivity index (χ0n) is 10.5. The fourth-order valence-electron chi connectivity index (χ4n) is 2.05. The fraction of sp³-hybridized carbons (Fsp3) is 0.357. The number of hydrogen-bond acceptors (Lipinski definition) is 3. The lowest BCUT2D eigenvalue weighted by molar-refractivity contribution is 0.328. The average Bonchev–Trinajstić information content (AvgIpc) is 2.30. The summed E-state index contributed by atoms with van der Waals surface area (Å²) in [5.74, 6) is 0.645. The van der Waals surface area contributed by atoms with Crippen molar-refractivity contribution in [3.05, 3.63) is 35.9 Å². The standard InChI is InChI=1S/C14H19N3/c1-3-8-17(2)10-12-9-11-6-4-5-7-13(11)16-14(12)15/h4-7,9H,3,8,10H2,1-2H3,(H2,15,16). The molecule has 0 bridgehead atoms. The van der Waals surface area contributed by atoms with Crippen LogP contribution in [0.3, 0.4) is 0 Å². The zero-order chi connectivity index (χ0) is 12.3. The van der Waals surface area contributed by atoms with Crippen LogP contribution in [-0.4, -0.2) is 23.5 Å². The molecule has 0 fully saturated rings. The molecule has 90 valence electrons. The quantitative estimate of drug-likeness (QED) is 0.876. The van der Waals surface area contributed by atoms with Gasteiger partial charge in [-0.1, -0.05) is 25.1 Å². The van der Waals surface area contributed by atoms with E-state index in [1.54, 1.807) is 0 Å². The normalized spacial score (nSPS) is 11.2. The van der Waals surface area contributed by atoms with E-state index in [1.807, 2.05) is 18.2 Å². The summed E-state index contributed by atoms with van der Waals surface area (Å²) in [5.41, 5.74) is 8.07. The van der Waals surface area contributed by atoms with Crippen molar-refractivity contribution in [2.75, 3.05) is 19.3 Å². The van der Waals surface area contributed by atoms with Crippen LogP contribution in [0.2, 0.25) is 0 Å². The third-order valence-corrected chi connectivity index (χ3v) is 2.88. The Morgan fingerprint density at radius 3 is 2.82 bits per heavy atom. The van der Waals surface area contributed by atoms with E-state index < -0.39 is 0 Å². The third-order valence-electron chi connectivity index (χ3n) is 2.88. The monoisotopic (exact) mass is 229 g/mol. The van der Waals surface area contributed by atoms with Crippen LogP contribution in [0.25, 0.3) is 10.9 Å². The molecule has 0 unspecified atom stereocenters. The van der Waals surface area contributed by atoms with E-state index in [9.17, 15) is 0 Å². The van der Waals surface area contributed by atoms with Crippen molar-refractivity contribution in [3.8, 4) is 0 Å². The number of anilines is 1. The minimum atomic E-state index is 0.645. The van der Waals surface area contributed by atoms with Crippen LogP contribution < -0.4 is 5.73 Å². The number of aromatic nitrogens is 1. The van der Waals surface area contributed by atoms with Crippen molar-refractivity contribution < 1.29 is 0 Å². The van der Waals surface area contributed by atoms with Gasteiger partial charge in [-0.3, -0.25) is 0 Å². The molecule has 0 aliphatic carbocycles. The molecule has 1 heterocycles. The van der Waals surface area contributed by atoms with Crippen LogP contribution in [0.4, 0.5) is 5.82 Å². The summed E-state index contributed by atoms with van der Waals surface area (Å²) in [5, 5.41) is 1.15. The van der Waals surface area contributed by atoms with Gasteiger partial charge in [-0.15, -0.1) is 0 Å². The van der Waals surface area contributed by atoms with E-state index in [-0.39, 0.29) is 0 Å². The number of nitrogens with zero attached hydrogens (tertiary/aromatic N) is 2. The third kappa shape index (κ3) is 2.74. The van der Waals surface area contributed by atoms with Gasteiger partial charge >= 0.3 is 0 Å². The summed E-state index contributed by atoms with van der Waals surface area (Å²) in [6.07, 6.45) is 1.15. The molecule has 0 saturated heterocycles. The Morgan fingerprint density at radius 2 is 2.06 bits per heavy atom. The second-order valence-corrected chi connectivity index (χ2v) is 4.46. The Bertz CT molecular complexity index is 508. The molecular formula is C14H19N3. The lowest BCUT2D eigenvalue weighted by Gasteiger charge is -2.16. The molecule has 3 nitrogen and oxygen atoms in total. The highest BCUT2D eigenvalue weighted by Gasteiger charge is 2.06. The van der Waals surface area contributed by atoms with Crippen LogP contribution in [0.15, 0.2) is 30.3 Å². The van der Waals surface area contributed by atoms with Crippen molar-refractivity contribution in [1.82, 2.24) is 9.88 Å². The molecule has 0 aliphatic heterocycles. The van der Waals surface area contributed by atoms with Crippen LogP contribution in [0.1, 0.15) is 18.9 Å². The van der Waals surface area contributed by atoms with Crippen molar-refractivity contribution in [2.45, 2.75) is 19.9 Å². The van der Waals surface area contributed by atoms with Crippen molar-refractivity contribution in [2.24, 2.45) is 0 Å². The van der Waals surface area contributed by atoms with Crippen LogP contribution in [0.5, 0.6) is 0 Å². The summed E-state index contributed by atoms with van der Waals surface area (Å²) in [4.78, 5) is 6.71. The number of fused-ring (bicyclic) bond motifs is 1. The molecule has 2 aromatic rings. The van der Waals surface area contributed by atoms with E-state index in [4.69, 9.17) is 5.73 Å². The van der Waals surface area contributed by atoms with E-state index in [0.717, 1.165) is 36.0 Å². The lowest BCUT2D eigenvalue weighted by atomic mass is 10.1. The molecule has 2 N–H and O–H groups in total. The first-order valence-corrected chi connectivity index (χ1v) is 6.03. The summed E-state index contributed by atoms with van der Waals surface area (Å²) < 4.78 is 0. The Morgan fingerprint density at radius 1 is 1.29 bits per heavy atom. The highest BCUT2D eigenvalue weighted by Crippen LogP contribution is 2.19. The number of pyridine rings is 1. The van der Waals surface area contributed by atoms with Gasteiger partial charge in [-0.25, -0.2) is 4.98 Å². The minimum Gasteiger partial charge on any atom is -0.383 e. The molecule has 17 heavy (non-hydrogen) atoms. The summed E-state index contributed by atoms with van der Waals surface area (Å²) >= 11 is 0. The van der Waals surface area contributed by atoms with Crippen LogP contribution >= 0.6 is 0 Å². The Balaban J connectivity index is 2.31. The molecule has 2 rings (SSSR count). The highest BCUT2D eigenvalue weighted by atomic mass is 15.1. The maximum Gasteiger partial charge on any atom is 0.128 e. The molecule has 0 radical (unpaired) electrons. The van der Waals surface area contributed by atoms with Gasteiger partial charge < -0.3 is 10.6 Å². The zero-order valence-corrected chi connectivity index (χ0v) is 10.5. The van der Waals surface area contributed by atoms with Gasteiger partial charge in [-0.05, 0) is 32.1 Å². The number of para-hydroxylation sites is 1. The Kier molecular flexibility index (Phi) is 3.59. The number of nitrogens with two attached hydrogens (primary N) is 1. The number of hydrogen-bond donors (Lipinski definition) is 1. The molecule has 1 aromatic carbocycles. The molecule has 0 saturated carbocycles. The summed E-state index contributed by atoms with van der Waals surface area (Å²) in [6, 6.07) is 10.2. The summed E-state index contributed by atoms with van der Waals surface area (Å²) in [7, 11) is 2.11. The van der Waals surface area contributed by atoms with E-state index in [1.165, 1.54) is 0 Å². The van der Waals surface area contributed by atoms with Crippen molar-refractivity contribution in [3.63, 3.8) is 0 Å². The first-order chi connectivity index (χ1) is 8.20. The molecule has 0 spiro atoms. The minimum absolute atomic E-state index is 0.645. The summed E-state index contributed by atoms with van der Waals surface area (Å²) in [6.45, 7) is 4.11. The van der Waals surface area contributed by atoms with Crippen molar-refractivity contribution in [1.29, 1.82) is 0 Å². The van der Waals surface area contributed by atoms with Gasteiger partial charge in [0.1, 0.15) is 5.82 Å². The molecular weight excluding hydrogens is 210 g/mol. The highest BCUT2D eigenvalue weighted by molar-refractivity contribution is 5.81. The Labute approximate surface area is 102 Å². The average molecular weight is 229 g/mol. The number of nitrogen functional groups attached to an aromatic ring is 1. The maximum atomic E-state index is 5.99. The van der Waals surface area contributed by atoms with Gasteiger partial charge in [0, 0.05) is 17.5 Å².